The third kappa shape index (κ3) is 2.49. The first kappa shape index (κ1) is 12.9. The predicted octanol–water partition coefficient (Wildman–Crippen LogP) is 2.18. The lowest BCUT2D eigenvalue weighted by Gasteiger charge is -2.30. The fourth-order valence-electron chi connectivity index (χ4n) is 4.45. The third-order valence-electron chi connectivity index (χ3n) is 5.49. The standard InChI is InChI=1S/C15H23NO3/c17-14(11-3-1-2-4-12(11)15(18)19)16-13-8-9-5-6-10(13)7-9/h9-13H,1-8H2,(H,16,17)(H,18,19). The van der Waals surface area contributed by atoms with Gasteiger partial charge in [0.25, 0.3) is 0 Å². The highest BCUT2D eigenvalue weighted by Gasteiger charge is 2.42. The Morgan fingerprint density at radius 1 is 0.947 bits per heavy atom. The number of carbonyl (C=O) groups excluding carboxylic acids is 1. The second-order valence-corrected chi connectivity index (χ2v) is 6.63. The Bertz CT molecular complexity index is 382. The molecular weight excluding hydrogens is 242 g/mol. The highest BCUT2D eigenvalue weighted by atomic mass is 16.4. The van der Waals surface area contributed by atoms with E-state index in [-0.39, 0.29) is 11.8 Å². The summed E-state index contributed by atoms with van der Waals surface area (Å²) in [6.45, 7) is 0. The molecule has 3 aliphatic rings. The van der Waals surface area contributed by atoms with E-state index in [1.54, 1.807) is 0 Å². The maximum absolute atomic E-state index is 12.4. The van der Waals surface area contributed by atoms with Gasteiger partial charge in [0.15, 0.2) is 0 Å². The summed E-state index contributed by atoms with van der Waals surface area (Å²) in [6.07, 6.45) is 8.25. The second kappa shape index (κ2) is 5.14. The van der Waals surface area contributed by atoms with E-state index in [0.717, 1.165) is 31.6 Å². The zero-order chi connectivity index (χ0) is 13.4. The summed E-state index contributed by atoms with van der Waals surface area (Å²) >= 11 is 0. The van der Waals surface area contributed by atoms with Crippen LogP contribution < -0.4 is 5.32 Å². The van der Waals surface area contributed by atoms with Crippen LogP contribution in [-0.2, 0) is 9.59 Å². The van der Waals surface area contributed by atoms with Crippen molar-refractivity contribution in [3.63, 3.8) is 0 Å². The quantitative estimate of drug-likeness (QED) is 0.822. The van der Waals surface area contributed by atoms with Crippen molar-refractivity contribution in [1.29, 1.82) is 0 Å². The maximum atomic E-state index is 12.4. The van der Waals surface area contributed by atoms with Crippen LogP contribution in [0.5, 0.6) is 0 Å². The lowest BCUT2D eigenvalue weighted by atomic mass is 9.78. The highest BCUT2D eigenvalue weighted by Crippen LogP contribution is 2.44. The molecule has 5 unspecified atom stereocenters. The Hall–Kier alpha value is -1.06. The topological polar surface area (TPSA) is 66.4 Å². The number of nitrogens with one attached hydrogen (secondary N) is 1. The SMILES string of the molecule is O=C(O)C1CCCCC1C(=O)NC1CC2CCC1C2. The first-order valence-electron chi connectivity index (χ1n) is 7.68. The van der Waals surface area contributed by atoms with Gasteiger partial charge < -0.3 is 10.4 Å². The molecule has 1 amide bonds. The van der Waals surface area contributed by atoms with Crippen LogP contribution in [0.3, 0.4) is 0 Å². The number of hydrogen-bond donors (Lipinski definition) is 2. The summed E-state index contributed by atoms with van der Waals surface area (Å²) in [5.74, 6) is -0.104. The third-order valence-corrected chi connectivity index (χ3v) is 5.49. The van der Waals surface area contributed by atoms with Gasteiger partial charge in [0, 0.05) is 6.04 Å². The molecule has 0 spiro atoms. The highest BCUT2D eigenvalue weighted by molar-refractivity contribution is 5.85. The van der Waals surface area contributed by atoms with E-state index in [4.69, 9.17) is 0 Å². The lowest BCUT2D eigenvalue weighted by molar-refractivity contribution is -0.149. The van der Waals surface area contributed by atoms with E-state index in [1.807, 2.05) is 0 Å². The van der Waals surface area contributed by atoms with Crippen LogP contribution in [0.25, 0.3) is 0 Å². The van der Waals surface area contributed by atoms with Gasteiger partial charge in [-0.05, 0) is 43.9 Å². The largest absolute Gasteiger partial charge is 0.481 e. The Morgan fingerprint density at radius 2 is 1.68 bits per heavy atom. The molecule has 0 radical (unpaired) electrons. The minimum atomic E-state index is -0.798. The number of carboxylic acid groups (broad SMARTS) is 1. The van der Waals surface area contributed by atoms with Gasteiger partial charge in [-0.1, -0.05) is 19.3 Å². The Balaban J connectivity index is 1.61. The summed E-state index contributed by atoms with van der Waals surface area (Å²) in [6, 6.07) is 0.322. The normalized spacial score (nSPS) is 41.2. The van der Waals surface area contributed by atoms with Crippen molar-refractivity contribution in [1.82, 2.24) is 5.32 Å². The number of carboxylic acids is 1. The van der Waals surface area contributed by atoms with Crippen molar-refractivity contribution in [2.45, 2.75) is 57.4 Å². The molecule has 2 N–H and O–H groups in total. The molecule has 3 saturated carbocycles. The molecular formula is C15H23NO3. The zero-order valence-electron chi connectivity index (χ0n) is 11.3. The number of rotatable bonds is 3. The van der Waals surface area contributed by atoms with Crippen molar-refractivity contribution >= 4 is 11.9 Å². The Kier molecular flexibility index (Phi) is 3.50. The molecule has 3 fully saturated rings. The molecule has 0 saturated heterocycles. The average Bonchev–Trinajstić information content (AvgIpc) is 3.01. The minimum absolute atomic E-state index is 0.00431. The summed E-state index contributed by atoms with van der Waals surface area (Å²) in [7, 11) is 0. The van der Waals surface area contributed by atoms with E-state index in [2.05, 4.69) is 5.32 Å². The van der Waals surface area contributed by atoms with Gasteiger partial charge in [0.1, 0.15) is 0 Å². The summed E-state index contributed by atoms with van der Waals surface area (Å²) in [5, 5.41) is 12.4. The van der Waals surface area contributed by atoms with E-state index in [1.165, 1.54) is 19.3 Å². The molecule has 106 valence electrons. The fraction of sp³-hybridized carbons (Fsp3) is 0.867. The molecule has 3 aliphatic carbocycles. The molecule has 0 heterocycles. The lowest BCUT2D eigenvalue weighted by Crippen LogP contribution is -2.45. The number of carbonyl (C=O) groups is 2. The van der Waals surface area contributed by atoms with Crippen LogP contribution in [0.4, 0.5) is 0 Å². The van der Waals surface area contributed by atoms with E-state index < -0.39 is 11.9 Å². The maximum Gasteiger partial charge on any atom is 0.307 e. The molecule has 4 nitrogen and oxygen atoms in total. The van der Waals surface area contributed by atoms with Gasteiger partial charge in [-0.2, -0.15) is 0 Å². The van der Waals surface area contributed by atoms with Crippen molar-refractivity contribution < 1.29 is 14.7 Å². The number of aliphatic carboxylic acids is 1. The smallest absolute Gasteiger partial charge is 0.307 e. The molecule has 4 heteroatoms. The first-order chi connectivity index (χ1) is 9.15. The van der Waals surface area contributed by atoms with Gasteiger partial charge in [0.05, 0.1) is 11.8 Å². The van der Waals surface area contributed by atoms with Crippen LogP contribution in [0, 0.1) is 23.7 Å². The molecule has 0 aromatic carbocycles. The van der Waals surface area contributed by atoms with Crippen molar-refractivity contribution in [3.05, 3.63) is 0 Å². The van der Waals surface area contributed by atoms with Crippen LogP contribution in [0.1, 0.15) is 51.4 Å². The van der Waals surface area contributed by atoms with Crippen LogP contribution in [0.15, 0.2) is 0 Å². The van der Waals surface area contributed by atoms with Gasteiger partial charge in [0.2, 0.25) is 5.91 Å². The predicted molar refractivity (Wildman–Crippen MR) is 70.5 cm³/mol. The average molecular weight is 265 g/mol. The van der Waals surface area contributed by atoms with Gasteiger partial charge >= 0.3 is 5.97 Å². The first-order valence-corrected chi connectivity index (χ1v) is 7.68. The van der Waals surface area contributed by atoms with Gasteiger partial charge in [-0.3, -0.25) is 9.59 Å². The van der Waals surface area contributed by atoms with Crippen molar-refractivity contribution in [2.24, 2.45) is 23.7 Å². The van der Waals surface area contributed by atoms with Crippen LogP contribution >= 0.6 is 0 Å². The van der Waals surface area contributed by atoms with Crippen LogP contribution in [-0.4, -0.2) is 23.0 Å². The van der Waals surface area contributed by atoms with Crippen molar-refractivity contribution in [3.8, 4) is 0 Å². The fourth-order valence-corrected chi connectivity index (χ4v) is 4.45. The van der Waals surface area contributed by atoms with E-state index in [9.17, 15) is 14.7 Å². The molecule has 3 rings (SSSR count). The molecule has 19 heavy (non-hydrogen) atoms. The number of amides is 1. The Morgan fingerprint density at radius 3 is 2.26 bits per heavy atom. The van der Waals surface area contributed by atoms with Gasteiger partial charge in [-0.25, -0.2) is 0 Å². The molecule has 0 aliphatic heterocycles. The second-order valence-electron chi connectivity index (χ2n) is 6.63. The van der Waals surface area contributed by atoms with Crippen LogP contribution in [0.2, 0.25) is 0 Å². The minimum Gasteiger partial charge on any atom is -0.481 e. The number of fused-ring (bicyclic) bond motifs is 2. The monoisotopic (exact) mass is 265 g/mol. The number of hydrogen-bond acceptors (Lipinski definition) is 2. The zero-order valence-corrected chi connectivity index (χ0v) is 11.3. The van der Waals surface area contributed by atoms with Crippen molar-refractivity contribution in [2.75, 3.05) is 0 Å². The van der Waals surface area contributed by atoms with Gasteiger partial charge in [-0.15, -0.1) is 0 Å². The van der Waals surface area contributed by atoms with E-state index in [0.29, 0.717) is 18.4 Å². The Labute approximate surface area is 113 Å². The molecule has 0 aromatic heterocycles. The summed E-state index contributed by atoms with van der Waals surface area (Å²) in [5.41, 5.74) is 0. The molecule has 0 aromatic rings. The summed E-state index contributed by atoms with van der Waals surface area (Å²) < 4.78 is 0. The molecule has 5 atom stereocenters. The summed E-state index contributed by atoms with van der Waals surface area (Å²) in [4.78, 5) is 23.6. The van der Waals surface area contributed by atoms with E-state index >= 15 is 0 Å². The molecule has 2 bridgehead atoms.